The first-order valence-electron chi connectivity index (χ1n) is 13.6. The normalized spacial score (nSPS) is 21.6. The van der Waals surface area contributed by atoms with Gasteiger partial charge < -0.3 is 19.7 Å². The van der Waals surface area contributed by atoms with Crippen LogP contribution < -0.4 is 4.90 Å². The minimum absolute atomic E-state index is 0.170. The van der Waals surface area contributed by atoms with Gasteiger partial charge in [-0.25, -0.2) is 0 Å². The molecule has 0 saturated carbocycles. The van der Waals surface area contributed by atoms with Crippen molar-refractivity contribution in [2.75, 3.05) is 37.6 Å². The van der Waals surface area contributed by atoms with E-state index >= 15 is 0 Å². The van der Waals surface area contributed by atoms with Crippen molar-refractivity contribution >= 4 is 22.5 Å². The SMILES string of the molecule is Cc1ccc2cc(C(=O)N3CCCC3CCN3CCC(N4CCCc5ccccc54)CC3)[nH]c2c1. The highest BCUT2D eigenvalue weighted by Crippen LogP contribution is 2.32. The van der Waals surface area contributed by atoms with Crippen molar-refractivity contribution in [3.8, 4) is 0 Å². The van der Waals surface area contributed by atoms with Crippen molar-refractivity contribution < 1.29 is 4.79 Å². The number of aryl methyl sites for hydroxylation is 2. The zero-order valence-corrected chi connectivity index (χ0v) is 21.0. The van der Waals surface area contributed by atoms with Crippen molar-refractivity contribution in [2.24, 2.45) is 0 Å². The van der Waals surface area contributed by atoms with E-state index in [0.717, 1.165) is 48.9 Å². The molecule has 1 N–H and O–H groups in total. The number of aromatic amines is 1. The zero-order chi connectivity index (χ0) is 23.8. The molecule has 4 heterocycles. The van der Waals surface area contributed by atoms with E-state index in [2.05, 4.69) is 69.1 Å². The second-order valence-corrected chi connectivity index (χ2v) is 10.9. The minimum Gasteiger partial charge on any atom is -0.368 e. The second-order valence-electron chi connectivity index (χ2n) is 10.9. The van der Waals surface area contributed by atoms with Crippen LogP contribution in [0.3, 0.4) is 0 Å². The van der Waals surface area contributed by atoms with Crippen LogP contribution in [-0.2, 0) is 6.42 Å². The third-order valence-electron chi connectivity index (χ3n) is 8.57. The molecule has 0 radical (unpaired) electrons. The van der Waals surface area contributed by atoms with Crippen LogP contribution in [0.5, 0.6) is 0 Å². The van der Waals surface area contributed by atoms with Gasteiger partial charge in [-0.3, -0.25) is 4.79 Å². The first-order chi connectivity index (χ1) is 17.2. The summed E-state index contributed by atoms with van der Waals surface area (Å²) in [7, 11) is 0. The number of likely N-dealkylation sites (tertiary alicyclic amines) is 2. The predicted molar refractivity (Wildman–Crippen MR) is 143 cm³/mol. The Hall–Kier alpha value is -2.79. The number of amides is 1. The first-order valence-corrected chi connectivity index (χ1v) is 13.6. The average Bonchev–Trinajstić information content (AvgIpc) is 3.54. The van der Waals surface area contributed by atoms with Gasteiger partial charge >= 0.3 is 0 Å². The molecule has 0 spiro atoms. The van der Waals surface area contributed by atoms with Gasteiger partial charge in [0.15, 0.2) is 0 Å². The molecule has 3 aromatic rings. The van der Waals surface area contributed by atoms with Crippen LogP contribution in [0.4, 0.5) is 5.69 Å². The summed E-state index contributed by atoms with van der Waals surface area (Å²) in [4.78, 5) is 24.2. The molecule has 2 saturated heterocycles. The molecular formula is C30H38N4O. The van der Waals surface area contributed by atoms with Gasteiger partial charge in [0, 0.05) is 61.4 Å². The highest BCUT2D eigenvalue weighted by molar-refractivity contribution is 5.98. The lowest BCUT2D eigenvalue weighted by Crippen LogP contribution is -2.47. The minimum atomic E-state index is 0.170. The van der Waals surface area contributed by atoms with Crippen LogP contribution in [0, 0.1) is 6.92 Å². The fraction of sp³-hybridized carbons (Fsp3) is 0.500. The number of carbonyl (C=O) groups is 1. The maximum Gasteiger partial charge on any atom is 0.270 e. The predicted octanol–water partition coefficient (Wildman–Crippen LogP) is 5.39. The van der Waals surface area contributed by atoms with Gasteiger partial charge in [0.25, 0.3) is 5.91 Å². The van der Waals surface area contributed by atoms with Crippen molar-refractivity contribution in [2.45, 2.75) is 64.0 Å². The number of fused-ring (bicyclic) bond motifs is 2. The molecular weight excluding hydrogens is 432 g/mol. The highest BCUT2D eigenvalue weighted by Gasteiger charge is 2.32. The average molecular weight is 471 g/mol. The lowest BCUT2D eigenvalue weighted by Gasteiger charge is -2.42. The number of hydrogen-bond acceptors (Lipinski definition) is 3. The van der Waals surface area contributed by atoms with Crippen molar-refractivity contribution in [1.29, 1.82) is 0 Å². The summed E-state index contributed by atoms with van der Waals surface area (Å²) in [5.41, 5.74) is 6.01. The molecule has 3 aliphatic heterocycles. The van der Waals surface area contributed by atoms with E-state index in [1.54, 1.807) is 0 Å². The molecule has 6 rings (SSSR count). The van der Waals surface area contributed by atoms with E-state index < -0.39 is 0 Å². The molecule has 2 fully saturated rings. The molecule has 184 valence electrons. The van der Waals surface area contributed by atoms with E-state index in [1.165, 1.54) is 62.1 Å². The summed E-state index contributed by atoms with van der Waals surface area (Å²) in [6.45, 7) is 7.62. The Bertz CT molecular complexity index is 1190. The molecule has 1 unspecified atom stereocenters. The Balaban J connectivity index is 1.04. The highest BCUT2D eigenvalue weighted by atomic mass is 16.2. The number of hydrogen-bond donors (Lipinski definition) is 1. The van der Waals surface area contributed by atoms with E-state index in [1.807, 2.05) is 6.07 Å². The Labute approximate surface area is 209 Å². The molecule has 3 aliphatic rings. The standard InChI is InChI=1S/C30H38N4O/c1-22-10-11-24-21-28(31-27(24)20-22)30(35)34-16-5-8-25(34)12-17-32-18-13-26(14-19-32)33-15-4-7-23-6-2-3-9-29(23)33/h2-3,6,9-11,20-21,25-26,31H,4-5,7-8,12-19H2,1H3. The fourth-order valence-corrected chi connectivity index (χ4v) is 6.64. The second kappa shape index (κ2) is 9.69. The topological polar surface area (TPSA) is 42.6 Å². The molecule has 1 aromatic heterocycles. The molecule has 0 bridgehead atoms. The van der Waals surface area contributed by atoms with Crippen LogP contribution in [-0.4, -0.2) is 65.5 Å². The molecule has 5 heteroatoms. The summed E-state index contributed by atoms with van der Waals surface area (Å²) in [6.07, 6.45) is 8.33. The maximum absolute atomic E-state index is 13.4. The van der Waals surface area contributed by atoms with Gasteiger partial charge in [-0.05, 0) is 81.2 Å². The van der Waals surface area contributed by atoms with Gasteiger partial charge in [-0.15, -0.1) is 0 Å². The molecule has 5 nitrogen and oxygen atoms in total. The summed E-state index contributed by atoms with van der Waals surface area (Å²) < 4.78 is 0. The summed E-state index contributed by atoms with van der Waals surface area (Å²) >= 11 is 0. The summed E-state index contributed by atoms with van der Waals surface area (Å²) in [6, 6.07) is 18.4. The summed E-state index contributed by atoms with van der Waals surface area (Å²) in [5, 5.41) is 1.12. The quantitative estimate of drug-likeness (QED) is 0.544. The maximum atomic E-state index is 13.4. The van der Waals surface area contributed by atoms with Gasteiger partial charge in [0.1, 0.15) is 5.69 Å². The van der Waals surface area contributed by atoms with Crippen LogP contribution in [0.15, 0.2) is 48.5 Å². The number of rotatable bonds is 5. The number of H-pyrrole nitrogens is 1. The number of nitrogens with zero attached hydrogens (tertiary/aromatic N) is 3. The van der Waals surface area contributed by atoms with Crippen molar-refractivity contribution in [1.82, 2.24) is 14.8 Å². The van der Waals surface area contributed by atoms with E-state index in [9.17, 15) is 4.79 Å². The Kier molecular flexibility index (Phi) is 6.28. The number of nitrogens with one attached hydrogen (secondary N) is 1. The van der Waals surface area contributed by atoms with Crippen LogP contribution >= 0.6 is 0 Å². The third kappa shape index (κ3) is 4.58. The lowest BCUT2D eigenvalue weighted by atomic mass is 9.95. The van der Waals surface area contributed by atoms with Crippen LogP contribution in [0.2, 0.25) is 0 Å². The van der Waals surface area contributed by atoms with E-state index in [0.29, 0.717) is 12.1 Å². The lowest BCUT2D eigenvalue weighted by molar-refractivity contribution is 0.0712. The van der Waals surface area contributed by atoms with Gasteiger partial charge in [0.05, 0.1) is 0 Å². The fourth-order valence-electron chi connectivity index (χ4n) is 6.64. The number of para-hydroxylation sites is 1. The zero-order valence-electron chi connectivity index (χ0n) is 21.0. The number of carbonyl (C=O) groups excluding carboxylic acids is 1. The van der Waals surface area contributed by atoms with Crippen molar-refractivity contribution in [3.05, 3.63) is 65.4 Å². The van der Waals surface area contributed by atoms with Crippen LogP contribution in [0.1, 0.15) is 60.1 Å². The van der Waals surface area contributed by atoms with Gasteiger partial charge in [0.2, 0.25) is 0 Å². The largest absolute Gasteiger partial charge is 0.368 e. The van der Waals surface area contributed by atoms with Crippen LogP contribution in [0.25, 0.3) is 10.9 Å². The Morgan fingerprint density at radius 3 is 2.71 bits per heavy atom. The van der Waals surface area contributed by atoms with E-state index in [-0.39, 0.29) is 5.91 Å². The number of piperidine rings is 1. The van der Waals surface area contributed by atoms with Gasteiger partial charge in [-0.1, -0.05) is 30.3 Å². The van der Waals surface area contributed by atoms with Crippen molar-refractivity contribution in [3.63, 3.8) is 0 Å². The van der Waals surface area contributed by atoms with Gasteiger partial charge in [-0.2, -0.15) is 0 Å². The molecule has 2 aromatic carbocycles. The third-order valence-corrected chi connectivity index (χ3v) is 8.57. The number of anilines is 1. The first kappa shape index (κ1) is 22.7. The summed E-state index contributed by atoms with van der Waals surface area (Å²) in [5.74, 6) is 0.170. The molecule has 35 heavy (non-hydrogen) atoms. The smallest absolute Gasteiger partial charge is 0.270 e. The number of benzene rings is 2. The van der Waals surface area contributed by atoms with E-state index in [4.69, 9.17) is 0 Å². The number of aromatic nitrogens is 1. The molecule has 1 atom stereocenters. The molecule has 0 aliphatic carbocycles. The monoisotopic (exact) mass is 470 g/mol. The molecule has 1 amide bonds. The Morgan fingerprint density at radius 1 is 0.971 bits per heavy atom. The Morgan fingerprint density at radius 2 is 1.83 bits per heavy atom.